The van der Waals surface area contributed by atoms with Gasteiger partial charge < -0.3 is 10.7 Å². The van der Waals surface area contributed by atoms with Crippen LogP contribution in [0.1, 0.15) is 30.9 Å². The molecule has 2 aromatic rings. The van der Waals surface area contributed by atoms with E-state index < -0.39 is 0 Å². The van der Waals surface area contributed by atoms with Crippen molar-refractivity contribution in [2.24, 2.45) is 0 Å². The molecule has 100 valence electrons. The molecule has 19 heavy (non-hydrogen) atoms. The standard InChI is InChI=1S/C14H16BrN3O/c1-7(2)11-12(16)17-13(18-14(11)19)9-5-4-8(3)10(15)6-9/h4-7H,1-3H3,(H3,16,17,18,19). The van der Waals surface area contributed by atoms with Crippen LogP contribution in [-0.2, 0) is 0 Å². The summed E-state index contributed by atoms with van der Waals surface area (Å²) in [4.78, 5) is 19.1. The Labute approximate surface area is 120 Å². The summed E-state index contributed by atoms with van der Waals surface area (Å²) >= 11 is 3.47. The molecule has 0 saturated carbocycles. The van der Waals surface area contributed by atoms with Crippen LogP contribution in [0.4, 0.5) is 5.82 Å². The van der Waals surface area contributed by atoms with Crippen LogP contribution in [0.25, 0.3) is 11.4 Å². The molecule has 0 aliphatic carbocycles. The largest absolute Gasteiger partial charge is 0.383 e. The number of aromatic amines is 1. The summed E-state index contributed by atoms with van der Waals surface area (Å²) in [5.74, 6) is 0.841. The number of nitrogens with zero attached hydrogens (tertiary/aromatic N) is 1. The predicted octanol–water partition coefficient (Wildman–Crippen LogP) is 3.21. The lowest BCUT2D eigenvalue weighted by molar-refractivity contribution is 0.837. The Morgan fingerprint density at radius 3 is 2.58 bits per heavy atom. The van der Waals surface area contributed by atoms with Crippen molar-refractivity contribution in [3.63, 3.8) is 0 Å². The zero-order valence-corrected chi connectivity index (χ0v) is 12.7. The highest BCUT2D eigenvalue weighted by Gasteiger charge is 2.13. The van der Waals surface area contributed by atoms with Crippen molar-refractivity contribution in [2.45, 2.75) is 26.7 Å². The lowest BCUT2D eigenvalue weighted by atomic mass is 10.1. The molecule has 0 radical (unpaired) electrons. The normalized spacial score (nSPS) is 11.0. The number of anilines is 1. The van der Waals surface area contributed by atoms with E-state index >= 15 is 0 Å². The Morgan fingerprint density at radius 1 is 1.37 bits per heavy atom. The number of hydrogen-bond acceptors (Lipinski definition) is 3. The molecule has 3 N–H and O–H groups in total. The first-order valence-corrected chi connectivity index (χ1v) is 6.85. The number of hydrogen-bond donors (Lipinski definition) is 2. The SMILES string of the molecule is Cc1ccc(-c2nc(N)c(C(C)C)c(=O)[nH]2)cc1Br. The number of nitrogens with two attached hydrogens (primary N) is 1. The zero-order chi connectivity index (χ0) is 14.2. The molecule has 0 bridgehead atoms. The van der Waals surface area contributed by atoms with Crippen molar-refractivity contribution >= 4 is 21.7 Å². The molecule has 0 saturated heterocycles. The van der Waals surface area contributed by atoms with Crippen LogP contribution in [-0.4, -0.2) is 9.97 Å². The second-order valence-corrected chi connectivity index (χ2v) is 5.69. The third kappa shape index (κ3) is 2.71. The van der Waals surface area contributed by atoms with Gasteiger partial charge in [0.2, 0.25) is 0 Å². The van der Waals surface area contributed by atoms with Gasteiger partial charge >= 0.3 is 0 Å². The molecule has 0 fully saturated rings. The fourth-order valence-electron chi connectivity index (χ4n) is 1.93. The predicted molar refractivity (Wildman–Crippen MR) is 81.2 cm³/mol. The van der Waals surface area contributed by atoms with Crippen LogP contribution >= 0.6 is 15.9 Å². The quantitative estimate of drug-likeness (QED) is 0.892. The van der Waals surface area contributed by atoms with E-state index in [1.165, 1.54) is 0 Å². The number of benzene rings is 1. The molecule has 0 aliphatic rings. The lowest BCUT2D eigenvalue weighted by Gasteiger charge is -2.10. The lowest BCUT2D eigenvalue weighted by Crippen LogP contribution is -2.19. The molecule has 1 aromatic carbocycles. The van der Waals surface area contributed by atoms with Crippen molar-refractivity contribution in [3.8, 4) is 11.4 Å². The van der Waals surface area contributed by atoms with Gasteiger partial charge in [-0.25, -0.2) is 4.98 Å². The van der Waals surface area contributed by atoms with E-state index in [0.29, 0.717) is 17.2 Å². The molecule has 0 spiro atoms. The average molecular weight is 322 g/mol. The van der Waals surface area contributed by atoms with Crippen LogP contribution in [0.5, 0.6) is 0 Å². The van der Waals surface area contributed by atoms with Crippen LogP contribution in [0, 0.1) is 6.92 Å². The molecule has 1 heterocycles. The topological polar surface area (TPSA) is 71.8 Å². The summed E-state index contributed by atoms with van der Waals surface area (Å²) in [7, 11) is 0. The highest BCUT2D eigenvalue weighted by atomic mass is 79.9. The number of aromatic nitrogens is 2. The van der Waals surface area contributed by atoms with Crippen LogP contribution in [0.15, 0.2) is 27.5 Å². The molecule has 1 aromatic heterocycles. The van der Waals surface area contributed by atoms with Gasteiger partial charge in [-0.3, -0.25) is 4.79 Å². The van der Waals surface area contributed by atoms with Gasteiger partial charge in [-0.15, -0.1) is 0 Å². The van der Waals surface area contributed by atoms with E-state index in [0.717, 1.165) is 15.6 Å². The Kier molecular flexibility index (Phi) is 3.75. The molecule has 2 rings (SSSR count). The third-order valence-electron chi connectivity index (χ3n) is 3.01. The second kappa shape index (κ2) is 5.17. The van der Waals surface area contributed by atoms with E-state index in [1.54, 1.807) is 0 Å². The molecular weight excluding hydrogens is 306 g/mol. The number of halogens is 1. The minimum Gasteiger partial charge on any atom is -0.383 e. The Balaban J connectivity index is 2.58. The molecule has 0 unspecified atom stereocenters. The van der Waals surface area contributed by atoms with Crippen molar-refractivity contribution in [1.29, 1.82) is 0 Å². The van der Waals surface area contributed by atoms with Crippen LogP contribution in [0.3, 0.4) is 0 Å². The number of nitrogen functional groups attached to an aromatic ring is 1. The number of aryl methyl sites for hydroxylation is 1. The summed E-state index contributed by atoms with van der Waals surface area (Å²) < 4.78 is 0.971. The first-order chi connectivity index (χ1) is 8.90. The van der Waals surface area contributed by atoms with Gasteiger partial charge in [0, 0.05) is 10.0 Å². The van der Waals surface area contributed by atoms with Crippen LogP contribution in [0.2, 0.25) is 0 Å². The number of nitrogens with one attached hydrogen (secondary N) is 1. The minimum absolute atomic E-state index is 0.0510. The first kappa shape index (κ1) is 13.8. The molecule has 0 atom stereocenters. The van der Waals surface area contributed by atoms with E-state index in [4.69, 9.17) is 5.73 Å². The Hall–Kier alpha value is -1.62. The fourth-order valence-corrected chi connectivity index (χ4v) is 2.31. The number of H-pyrrole nitrogens is 1. The van der Waals surface area contributed by atoms with E-state index in [-0.39, 0.29) is 11.5 Å². The van der Waals surface area contributed by atoms with Crippen molar-refractivity contribution in [2.75, 3.05) is 5.73 Å². The zero-order valence-electron chi connectivity index (χ0n) is 11.1. The van der Waals surface area contributed by atoms with Crippen molar-refractivity contribution < 1.29 is 0 Å². The highest BCUT2D eigenvalue weighted by molar-refractivity contribution is 9.10. The second-order valence-electron chi connectivity index (χ2n) is 4.83. The third-order valence-corrected chi connectivity index (χ3v) is 3.86. The van der Waals surface area contributed by atoms with Gasteiger partial charge in [-0.2, -0.15) is 0 Å². The Bertz CT molecular complexity index is 677. The summed E-state index contributed by atoms with van der Waals surface area (Å²) in [5, 5.41) is 0. The van der Waals surface area contributed by atoms with Gasteiger partial charge in [0.25, 0.3) is 5.56 Å². The Morgan fingerprint density at radius 2 is 2.05 bits per heavy atom. The van der Waals surface area contributed by atoms with E-state index in [9.17, 15) is 4.79 Å². The van der Waals surface area contributed by atoms with Crippen molar-refractivity contribution in [3.05, 3.63) is 44.2 Å². The van der Waals surface area contributed by atoms with Crippen LogP contribution < -0.4 is 11.3 Å². The van der Waals surface area contributed by atoms with Gasteiger partial charge in [0.05, 0.1) is 5.56 Å². The number of rotatable bonds is 2. The monoisotopic (exact) mass is 321 g/mol. The fraction of sp³-hybridized carbons (Fsp3) is 0.286. The highest BCUT2D eigenvalue weighted by Crippen LogP contribution is 2.24. The molecular formula is C14H16BrN3O. The maximum atomic E-state index is 12.0. The van der Waals surface area contributed by atoms with Gasteiger partial charge in [0.1, 0.15) is 11.6 Å². The van der Waals surface area contributed by atoms with Gasteiger partial charge in [-0.1, -0.05) is 41.9 Å². The molecule has 0 amide bonds. The molecule has 0 aliphatic heterocycles. The summed E-state index contributed by atoms with van der Waals surface area (Å²) in [5.41, 5.74) is 8.20. The van der Waals surface area contributed by atoms with Crippen molar-refractivity contribution in [1.82, 2.24) is 9.97 Å². The maximum absolute atomic E-state index is 12.0. The summed E-state index contributed by atoms with van der Waals surface area (Å²) in [6.45, 7) is 5.84. The molecule has 5 heteroatoms. The summed E-state index contributed by atoms with van der Waals surface area (Å²) in [6.07, 6.45) is 0. The van der Waals surface area contributed by atoms with E-state index in [2.05, 4.69) is 25.9 Å². The summed E-state index contributed by atoms with van der Waals surface area (Å²) in [6, 6.07) is 5.79. The van der Waals surface area contributed by atoms with Gasteiger partial charge in [0.15, 0.2) is 0 Å². The first-order valence-electron chi connectivity index (χ1n) is 6.06. The van der Waals surface area contributed by atoms with E-state index in [1.807, 2.05) is 39.0 Å². The van der Waals surface area contributed by atoms with Gasteiger partial charge in [-0.05, 0) is 24.5 Å². The average Bonchev–Trinajstić information content (AvgIpc) is 2.31. The minimum atomic E-state index is -0.172. The smallest absolute Gasteiger partial charge is 0.256 e. The molecule has 4 nitrogen and oxygen atoms in total. The maximum Gasteiger partial charge on any atom is 0.256 e.